The predicted octanol–water partition coefficient (Wildman–Crippen LogP) is 2.30. The third-order valence-electron chi connectivity index (χ3n) is 3.12. The van der Waals surface area contributed by atoms with Crippen molar-refractivity contribution in [1.82, 2.24) is 4.98 Å². The second kappa shape index (κ2) is 4.42. The van der Waals surface area contributed by atoms with Gasteiger partial charge in [-0.1, -0.05) is 13.8 Å². The average Bonchev–Trinajstić information content (AvgIpc) is 3.11. The van der Waals surface area contributed by atoms with Crippen LogP contribution in [0.4, 0.5) is 5.82 Å². The summed E-state index contributed by atoms with van der Waals surface area (Å²) in [4.78, 5) is 6.88. The fraction of sp³-hybridized carbons (Fsp3) is 0.615. The average molecular weight is 220 g/mol. The van der Waals surface area contributed by atoms with E-state index in [0.29, 0.717) is 12.0 Å². The summed E-state index contributed by atoms with van der Waals surface area (Å²) in [5, 5.41) is 9.26. The molecule has 0 aliphatic heterocycles. The number of aromatic nitrogens is 1. The third-order valence-corrected chi connectivity index (χ3v) is 3.12. The van der Waals surface area contributed by atoms with Gasteiger partial charge in [-0.15, -0.1) is 0 Å². The smallest absolute Gasteiger partial charge is 0.129 e. The normalized spacial score (nSPS) is 15.6. The van der Waals surface area contributed by atoms with Crippen LogP contribution in [0.5, 0.6) is 0 Å². The SMILES string of the molecule is CC(C)c1cc(CO)cc(N(C)C2CC2)n1. The molecule has 0 radical (unpaired) electrons. The van der Waals surface area contributed by atoms with Gasteiger partial charge in [0.15, 0.2) is 0 Å². The van der Waals surface area contributed by atoms with Crippen molar-refractivity contribution in [3.05, 3.63) is 23.4 Å². The van der Waals surface area contributed by atoms with Gasteiger partial charge in [0.25, 0.3) is 0 Å². The summed E-state index contributed by atoms with van der Waals surface area (Å²) < 4.78 is 0. The zero-order valence-electron chi connectivity index (χ0n) is 10.3. The first-order valence-corrected chi connectivity index (χ1v) is 5.96. The third kappa shape index (κ3) is 2.35. The van der Waals surface area contributed by atoms with Crippen molar-refractivity contribution in [3.63, 3.8) is 0 Å². The Bertz CT molecular complexity index is 372. The van der Waals surface area contributed by atoms with E-state index in [4.69, 9.17) is 0 Å². The number of aliphatic hydroxyl groups is 1. The molecule has 0 atom stereocenters. The van der Waals surface area contributed by atoms with E-state index in [1.54, 1.807) is 0 Å². The van der Waals surface area contributed by atoms with Gasteiger partial charge in [-0.25, -0.2) is 4.98 Å². The number of rotatable bonds is 4. The zero-order chi connectivity index (χ0) is 11.7. The fourth-order valence-electron chi connectivity index (χ4n) is 1.81. The van der Waals surface area contributed by atoms with Gasteiger partial charge in [-0.3, -0.25) is 0 Å². The van der Waals surface area contributed by atoms with Gasteiger partial charge in [0.1, 0.15) is 5.82 Å². The van der Waals surface area contributed by atoms with Gasteiger partial charge >= 0.3 is 0 Å². The molecular formula is C13H20N2O. The van der Waals surface area contributed by atoms with E-state index in [0.717, 1.165) is 17.1 Å². The van der Waals surface area contributed by atoms with Crippen LogP contribution in [0.1, 0.15) is 43.9 Å². The van der Waals surface area contributed by atoms with E-state index < -0.39 is 0 Å². The summed E-state index contributed by atoms with van der Waals surface area (Å²) in [6, 6.07) is 4.64. The molecule has 0 aromatic carbocycles. The molecule has 3 heteroatoms. The van der Waals surface area contributed by atoms with Crippen molar-refractivity contribution in [2.45, 2.75) is 45.3 Å². The summed E-state index contributed by atoms with van der Waals surface area (Å²) in [6.45, 7) is 4.35. The lowest BCUT2D eigenvalue weighted by molar-refractivity contribution is 0.281. The van der Waals surface area contributed by atoms with Crippen LogP contribution in [0.15, 0.2) is 12.1 Å². The molecule has 88 valence electrons. The van der Waals surface area contributed by atoms with Gasteiger partial charge < -0.3 is 10.0 Å². The van der Waals surface area contributed by atoms with Crippen molar-refractivity contribution in [2.75, 3.05) is 11.9 Å². The molecule has 0 amide bonds. The van der Waals surface area contributed by atoms with Crippen LogP contribution in [0.2, 0.25) is 0 Å². The minimum absolute atomic E-state index is 0.0910. The number of nitrogens with zero attached hydrogens (tertiary/aromatic N) is 2. The second-order valence-corrected chi connectivity index (χ2v) is 4.91. The highest BCUT2D eigenvalue weighted by Gasteiger charge is 2.27. The first-order chi connectivity index (χ1) is 7.61. The maximum atomic E-state index is 9.26. The largest absolute Gasteiger partial charge is 0.392 e. The Labute approximate surface area is 97.1 Å². The highest BCUT2D eigenvalue weighted by atomic mass is 16.3. The summed E-state index contributed by atoms with van der Waals surface area (Å²) in [5.41, 5.74) is 2.02. The van der Waals surface area contributed by atoms with E-state index >= 15 is 0 Å². The second-order valence-electron chi connectivity index (χ2n) is 4.91. The van der Waals surface area contributed by atoms with Gasteiger partial charge in [-0.05, 0) is 36.5 Å². The van der Waals surface area contributed by atoms with Crippen LogP contribution >= 0.6 is 0 Å². The molecule has 1 heterocycles. The Hall–Kier alpha value is -1.09. The first kappa shape index (κ1) is 11.4. The molecule has 1 N–H and O–H groups in total. The topological polar surface area (TPSA) is 36.4 Å². The Balaban J connectivity index is 2.31. The van der Waals surface area contributed by atoms with E-state index in [-0.39, 0.29) is 6.61 Å². The highest BCUT2D eigenvalue weighted by Crippen LogP contribution is 2.30. The van der Waals surface area contributed by atoms with E-state index in [9.17, 15) is 5.11 Å². The molecule has 1 aromatic heterocycles. The van der Waals surface area contributed by atoms with Crippen molar-refractivity contribution >= 4 is 5.82 Å². The summed E-state index contributed by atoms with van der Waals surface area (Å²) >= 11 is 0. The maximum Gasteiger partial charge on any atom is 0.129 e. The van der Waals surface area contributed by atoms with Gasteiger partial charge in [0.05, 0.1) is 6.61 Å². The van der Waals surface area contributed by atoms with Crippen LogP contribution in [-0.4, -0.2) is 23.2 Å². The van der Waals surface area contributed by atoms with E-state index in [2.05, 4.69) is 30.8 Å². The summed E-state index contributed by atoms with van der Waals surface area (Å²) in [6.07, 6.45) is 2.52. The number of hydrogen-bond donors (Lipinski definition) is 1. The predicted molar refractivity (Wildman–Crippen MR) is 65.7 cm³/mol. The Kier molecular flexibility index (Phi) is 3.15. The lowest BCUT2D eigenvalue weighted by Crippen LogP contribution is -2.21. The molecule has 2 rings (SSSR count). The number of aliphatic hydroxyl groups excluding tert-OH is 1. The van der Waals surface area contributed by atoms with Crippen molar-refractivity contribution in [3.8, 4) is 0 Å². The molecule has 1 aliphatic carbocycles. The molecule has 1 saturated carbocycles. The van der Waals surface area contributed by atoms with E-state index in [1.165, 1.54) is 12.8 Å². The standard InChI is InChI=1S/C13H20N2O/c1-9(2)12-6-10(8-16)7-13(14-12)15(3)11-4-5-11/h6-7,9,11,16H,4-5,8H2,1-3H3. The fourth-order valence-corrected chi connectivity index (χ4v) is 1.81. The minimum atomic E-state index is 0.0910. The Morgan fingerprint density at radius 2 is 2.12 bits per heavy atom. The molecule has 0 bridgehead atoms. The quantitative estimate of drug-likeness (QED) is 0.845. The lowest BCUT2D eigenvalue weighted by atomic mass is 10.1. The minimum Gasteiger partial charge on any atom is -0.392 e. The zero-order valence-corrected chi connectivity index (χ0v) is 10.3. The molecule has 1 aromatic rings. The molecule has 1 fully saturated rings. The molecule has 3 nitrogen and oxygen atoms in total. The van der Waals surface area contributed by atoms with Crippen LogP contribution in [0, 0.1) is 0 Å². The molecule has 0 saturated heterocycles. The van der Waals surface area contributed by atoms with Crippen molar-refractivity contribution < 1.29 is 5.11 Å². The maximum absolute atomic E-state index is 9.26. The molecule has 16 heavy (non-hydrogen) atoms. The lowest BCUT2D eigenvalue weighted by Gasteiger charge is -2.20. The molecule has 1 aliphatic rings. The van der Waals surface area contributed by atoms with Crippen LogP contribution in [0.25, 0.3) is 0 Å². The highest BCUT2D eigenvalue weighted by molar-refractivity contribution is 5.44. The van der Waals surface area contributed by atoms with Crippen molar-refractivity contribution in [1.29, 1.82) is 0 Å². The van der Waals surface area contributed by atoms with Gasteiger partial charge in [0, 0.05) is 18.8 Å². The van der Waals surface area contributed by atoms with Crippen LogP contribution in [-0.2, 0) is 6.61 Å². The van der Waals surface area contributed by atoms with Crippen LogP contribution < -0.4 is 4.90 Å². The molecular weight excluding hydrogens is 200 g/mol. The summed E-state index contributed by atoms with van der Waals surface area (Å²) in [5.74, 6) is 1.40. The van der Waals surface area contributed by atoms with Gasteiger partial charge in [-0.2, -0.15) is 0 Å². The Morgan fingerprint density at radius 3 is 2.62 bits per heavy atom. The molecule has 0 unspecified atom stereocenters. The number of hydrogen-bond acceptors (Lipinski definition) is 3. The Morgan fingerprint density at radius 1 is 1.44 bits per heavy atom. The van der Waals surface area contributed by atoms with Crippen molar-refractivity contribution in [2.24, 2.45) is 0 Å². The molecule has 0 spiro atoms. The summed E-state index contributed by atoms with van der Waals surface area (Å²) in [7, 11) is 2.09. The van der Waals surface area contributed by atoms with Crippen LogP contribution in [0.3, 0.4) is 0 Å². The van der Waals surface area contributed by atoms with Gasteiger partial charge in [0.2, 0.25) is 0 Å². The van der Waals surface area contributed by atoms with E-state index in [1.807, 2.05) is 12.1 Å². The first-order valence-electron chi connectivity index (χ1n) is 5.96. The monoisotopic (exact) mass is 220 g/mol. The number of pyridine rings is 1. The number of anilines is 1.